The van der Waals surface area contributed by atoms with Crippen LogP contribution in [0.5, 0.6) is 11.5 Å². The van der Waals surface area contributed by atoms with Gasteiger partial charge in [-0.25, -0.2) is 0 Å². The Labute approximate surface area is 98.7 Å². The third-order valence-electron chi connectivity index (χ3n) is 2.36. The van der Waals surface area contributed by atoms with Crippen molar-refractivity contribution in [1.29, 1.82) is 0 Å². The predicted molar refractivity (Wildman–Crippen MR) is 64.7 cm³/mol. The van der Waals surface area contributed by atoms with Gasteiger partial charge in [-0.05, 0) is 24.6 Å². The summed E-state index contributed by atoms with van der Waals surface area (Å²) in [7, 11) is 3.26. The zero-order chi connectivity index (χ0) is 11.4. The molecule has 1 aromatic rings. The van der Waals surface area contributed by atoms with Gasteiger partial charge in [0.15, 0.2) is 11.5 Å². The molecule has 0 spiro atoms. The summed E-state index contributed by atoms with van der Waals surface area (Å²) in [5, 5.41) is 0. The van der Waals surface area contributed by atoms with Crippen LogP contribution in [0.1, 0.15) is 18.4 Å². The lowest BCUT2D eigenvalue weighted by Gasteiger charge is -2.17. The lowest BCUT2D eigenvalue weighted by Crippen LogP contribution is -2.10. The van der Waals surface area contributed by atoms with Crippen LogP contribution in [0.2, 0.25) is 0 Å². The maximum absolute atomic E-state index is 5.66. The monoisotopic (exact) mass is 273 g/mol. The van der Waals surface area contributed by atoms with E-state index in [4.69, 9.17) is 15.2 Å². The van der Waals surface area contributed by atoms with Crippen molar-refractivity contribution in [2.75, 3.05) is 20.8 Å². The van der Waals surface area contributed by atoms with Crippen molar-refractivity contribution in [1.82, 2.24) is 0 Å². The molecule has 0 aliphatic carbocycles. The van der Waals surface area contributed by atoms with Crippen molar-refractivity contribution in [3.05, 3.63) is 22.2 Å². The van der Waals surface area contributed by atoms with E-state index in [9.17, 15) is 0 Å². The van der Waals surface area contributed by atoms with Gasteiger partial charge in [0.2, 0.25) is 0 Å². The molecule has 0 fully saturated rings. The molecule has 0 aromatic heterocycles. The second-order valence-electron chi connectivity index (χ2n) is 3.37. The normalized spacial score (nSPS) is 12.3. The molecule has 0 aliphatic heterocycles. The van der Waals surface area contributed by atoms with Crippen LogP contribution < -0.4 is 15.2 Å². The van der Waals surface area contributed by atoms with Gasteiger partial charge in [-0.15, -0.1) is 0 Å². The number of ether oxygens (including phenoxy) is 2. The number of hydrogen-bond acceptors (Lipinski definition) is 3. The molecular formula is C11H16BrNO2. The van der Waals surface area contributed by atoms with E-state index in [0.717, 1.165) is 21.5 Å². The van der Waals surface area contributed by atoms with Crippen LogP contribution in [-0.4, -0.2) is 20.8 Å². The fraction of sp³-hybridized carbons (Fsp3) is 0.455. The Morgan fingerprint density at radius 2 is 2.00 bits per heavy atom. The van der Waals surface area contributed by atoms with Crippen LogP contribution >= 0.6 is 15.9 Å². The summed E-state index contributed by atoms with van der Waals surface area (Å²) in [6.45, 7) is 2.64. The van der Waals surface area contributed by atoms with Crippen LogP contribution in [0.25, 0.3) is 0 Å². The van der Waals surface area contributed by atoms with Gasteiger partial charge in [0.25, 0.3) is 0 Å². The van der Waals surface area contributed by atoms with Crippen molar-refractivity contribution in [2.24, 2.45) is 5.73 Å². The number of hydrogen-bond donors (Lipinski definition) is 1. The maximum Gasteiger partial charge on any atom is 0.164 e. The minimum Gasteiger partial charge on any atom is -0.493 e. The first-order valence-electron chi connectivity index (χ1n) is 4.75. The highest BCUT2D eigenvalue weighted by Gasteiger charge is 2.15. The zero-order valence-corrected chi connectivity index (χ0v) is 10.8. The van der Waals surface area contributed by atoms with Gasteiger partial charge in [0.05, 0.1) is 14.2 Å². The predicted octanol–water partition coefficient (Wildman–Crippen LogP) is 2.53. The maximum atomic E-state index is 5.66. The summed E-state index contributed by atoms with van der Waals surface area (Å²) in [6.07, 6.45) is 0. The topological polar surface area (TPSA) is 44.5 Å². The average molecular weight is 274 g/mol. The average Bonchev–Trinajstić information content (AvgIpc) is 2.26. The van der Waals surface area contributed by atoms with Crippen molar-refractivity contribution >= 4 is 15.9 Å². The first-order chi connectivity index (χ1) is 7.13. The summed E-state index contributed by atoms with van der Waals surface area (Å²) in [5.41, 5.74) is 6.72. The van der Waals surface area contributed by atoms with E-state index >= 15 is 0 Å². The van der Waals surface area contributed by atoms with E-state index in [1.165, 1.54) is 0 Å². The quantitative estimate of drug-likeness (QED) is 0.917. The Hall–Kier alpha value is -0.740. The SMILES string of the molecule is COc1cc(Br)cc(C(C)CN)c1OC. The molecule has 0 bridgehead atoms. The van der Waals surface area contributed by atoms with E-state index in [0.29, 0.717) is 6.54 Å². The minimum atomic E-state index is 0.242. The molecule has 0 saturated heterocycles. The molecule has 4 heteroatoms. The highest BCUT2D eigenvalue weighted by Crippen LogP contribution is 2.38. The largest absolute Gasteiger partial charge is 0.493 e. The third kappa shape index (κ3) is 2.63. The van der Waals surface area contributed by atoms with E-state index in [1.807, 2.05) is 12.1 Å². The van der Waals surface area contributed by atoms with Crippen molar-refractivity contribution in [3.8, 4) is 11.5 Å². The molecule has 0 aliphatic rings. The highest BCUT2D eigenvalue weighted by atomic mass is 79.9. The van der Waals surface area contributed by atoms with E-state index in [1.54, 1.807) is 14.2 Å². The van der Waals surface area contributed by atoms with Crippen LogP contribution in [0.4, 0.5) is 0 Å². The number of rotatable bonds is 4. The van der Waals surface area contributed by atoms with Gasteiger partial charge in [0.1, 0.15) is 0 Å². The molecule has 1 aromatic carbocycles. The van der Waals surface area contributed by atoms with Gasteiger partial charge < -0.3 is 15.2 Å². The summed E-state index contributed by atoms with van der Waals surface area (Å²) < 4.78 is 11.6. The van der Waals surface area contributed by atoms with Gasteiger partial charge in [-0.1, -0.05) is 22.9 Å². The molecule has 2 N–H and O–H groups in total. The molecule has 0 amide bonds. The van der Waals surface area contributed by atoms with E-state index < -0.39 is 0 Å². The first-order valence-corrected chi connectivity index (χ1v) is 5.54. The van der Waals surface area contributed by atoms with Gasteiger partial charge >= 0.3 is 0 Å². The number of halogens is 1. The van der Waals surface area contributed by atoms with Gasteiger partial charge in [0, 0.05) is 10.0 Å². The third-order valence-corrected chi connectivity index (χ3v) is 2.81. The molecule has 3 nitrogen and oxygen atoms in total. The fourth-order valence-electron chi connectivity index (χ4n) is 1.45. The van der Waals surface area contributed by atoms with E-state index in [2.05, 4.69) is 22.9 Å². The number of methoxy groups -OCH3 is 2. The Kier molecular flexibility index (Phi) is 4.42. The highest BCUT2D eigenvalue weighted by molar-refractivity contribution is 9.10. The standard InChI is InChI=1S/C11H16BrNO2/c1-7(6-13)9-4-8(12)5-10(14-2)11(9)15-3/h4-5,7H,6,13H2,1-3H3. The van der Waals surface area contributed by atoms with E-state index in [-0.39, 0.29) is 5.92 Å². The fourth-order valence-corrected chi connectivity index (χ4v) is 1.91. The number of nitrogens with two attached hydrogens (primary N) is 1. The summed E-state index contributed by atoms with van der Waals surface area (Å²) in [5.74, 6) is 1.73. The molecule has 84 valence electrons. The van der Waals surface area contributed by atoms with Gasteiger partial charge in [-0.2, -0.15) is 0 Å². The minimum absolute atomic E-state index is 0.242. The zero-order valence-electron chi connectivity index (χ0n) is 9.21. The van der Waals surface area contributed by atoms with Gasteiger partial charge in [-0.3, -0.25) is 0 Å². The number of benzene rings is 1. The summed E-state index contributed by atoms with van der Waals surface area (Å²) in [6, 6.07) is 3.89. The lowest BCUT2D eigenvalue weighted by molar-refractivity contribution is 0.349. The molecule has 1 rings (SSSR count). The molecule has 0 radical (unpaired) electrons. The molecule has 0 saturated carbocycles. The second kappa shape index (κ2) is 5.37. The molecule has 1 unspecified atom stereocenters. The second-order valence-corrected chi connectivity index (χ2v) is 4.28. The first kappa shape index (κ1) is 12.3. The van der Waals surface area contributed by atoms with Crippen LogP contribution in [0.15, 0.2) is 16.6 Å². The molecule has 15 heavy (non-hydrogen) atoms. The summed E-state index contributed by atoms with van der Waals surface area (Å²) >= 11 is 3.44. The van der Waals surface area contributed by atoms with Crippen molar-refractivity contribution in [2.45, 2.75) is 12.8 Å². The van der Waals surface area contributed by atoms with Crippen LogP contribution in [0.3, 0.4) is 0 Å². The van der Waals surface area contributed by atoms with Crippen LogP contribution in [0, 0.1) is 0 Å². The van der Waals surface area contributed by atoms with Crippen molar-refractivity contribution in [3.63, 3.8) is 0 Å². The van der Waals surface area contributed by atoms with Crippen LogP contribution in [-0.2, 0) is 0 Å². The Bertz CT molecular complexity index is 342. The lowest BCUT2D eigenvalue weighted by atomic mass is 10.00. The summed E-state index contributed by atoms with van der Waals surface area (Å²) in [4.78, 5) is 0. The smallest absolute Gasteiger partial charge is 0.164 e. The van der Waals surface area contributed by atoms with Crippen molar-refractivity contribution < 1.29 is 9.47 Å². The Morgan fingerprint density at radius 1 is 1.33 bits per heavy atom. The molecule has 0 heterocycles. The Morgan fingerprint density at radius 3 is 2.47 bits per heavy atom. The molecular weight excluding hydrogens is 258 g/mol. The molecule has 1 atom stereocenters. The Balaban J connectivity index is 3.28.